The van der Waals surface area contributed by atoms with Crippen molar-refractivity contribution in [2.45, 2.75) is 39.3 Å². The molecule has 0 amide bonds. The van der Waals surface area contributed by atoms with Crippen molar-refractivity contribution in [2.24, 2.45) is 5.41 Å². The Hall–Kier alpha value is -3.70. The fourth-order valence-corrected chi connectivity index (χ4v) is 4.49. The van der Waals surface area contributed by atoms with Crippen LogP contribution in [-0.4, -0.2) is 43.7 Å². The standard InChI is InChI=1S/C24H20F6N6/c1-13(23(7-8-23)24(28,29)30)10-15-11-16(6-9-31-15)35(12-19(26)27)21-20-17(25)4-3-5-18(20)36-14(2)33-34-22(36)32-21/h3-6,9-11,19H,7-8,12H2,1-2H3. The minimum absolute atomic E-state index is 0.0109. The van der Waals surface area contributed by atoms with Crippen molar-refractivity contribution < 1.29 is 26.3 Å². The maximum atomic E-state index is 15.1. The first-order valence-electron chi connectivity index (χ1n) is 11.1. The van der Waals surface area contributed by atoms with Gasteiger partial charge in [0.2, 0.25) is 0 Å². The molecule has 6 nitrogen and oxygen atoms in total. The van der Waals surface area contributed by atoms with Crippen LogP contribution >= 0.6 is 0 Å². The second-order valence-corrected chi connectivity index (χ2v) is 8.80. The smallest absolute Gasteiger partial charge is 0.320 e. The summed E-state index contributed by atoms with van der Waals surface area (Å²) in [6.45, 7) is 2.19. The Kier molecular flexibility index (Phi) is 5.64. The van der Waals surface area contributed by atoms with Crippen LogP contribution in [0.4, 0.5) is 37.8 Å². The van der Waals surface area contributed by atoms with Crippen molar-refractivity contribution in [2.75, 3.05) is 11.4 Å². The lowest BCUT2D eigenvalue weighted by molar-refractivity contribution is -0.174. The number of nitrogens with zero attached hydrogens (tertiary/aromatic N) is 6. The molecule has 0 saturated heterocycles. The number of allylic oxidation sites excluding steroid dienone is 1. The first-order chi connectivity index (χ1) is 17.0. The first kappa shape index (κ1) is 24.0. The van der Waals surface area contributed by atoms with Gasteiger partial charge < -0.3 is 4.90 Å². The van der Waals surface area contributed by atoms with E-state index in [1.165, 1.54) is 47.9 Å². The van der Waals surface area contributed by atoms with Crippen molar-refractivity contribution in [3.05, 3.63) is 59.4 Å². The van der Waals surface area contributed by atoms with Crippen LogP contribution in [0.3, 0.4) is 0 Å². The third-order valence-electron chi connectivity index (χ3n) is 6.53. The van der Waals surface area contributed by atoms with Gasteiger partial charge in [-0.2, -0.15) is 18.2 Å². The van der Waals surface area contributed by atoms with E-state index < -0.39 is 30.4 Å². The molecule has 1 saturated carbocycles. The van der Waals surface area contributed by atoms with Crippen LogP contribution in [0.25, 0.3) is 22.8 Å². The van der Waals surface area contributed by atoms with Gasteiger partial charge in [-0.05, 0) is 57.0 Å². The van der Waals surface area contributed by atoms with Gasteiger partial charge in [0.05, 0.1) is 28.6 Å². The lowest BCUT2D eigenvalue weighted by atomic mass is 9.95. The monoisotopic (exact) mass is 506 g/mol. The van der Waals surface area contributed by atoms with Gasteiger partial charge in [-0.3, -0.25) is 9.38 Å². The van der Waals surface area contributed by atoms with Gasteiger partial charge in [0.25, 0.3) is 12.2 Å². The zero-order chi connectivity index (χ0) is 25.8. The molecule has 0 radical (unpaired) electrons. The number of alkyl halides is 5. The molecule has 1 aliphatic carbocycles. The summed E-state index contributed by atoms with van der Waals surface area (Å²) >= 11 is 0. The molecule has 188 valence electrons. The molecular formula is C24H20F6N6. The number of halogens is 6. The Morgan fingerprint density at radius 1 is 1.19 bits per heavy atom. The molecule has 0 spiro atoms. The van der Waals surface area contributed by atoms with Crippen LogP contribution in [0.2, 0.25) is 0 Å². The van der Waals surface area contributed by atoms with Crippen LogP contribution in [0.15, 0.2) is 42.1 Å². The van der Waals surface area contributed by atoms with Gasteiger partial charge in [0.15, 0.2) is 0 Å². The molecule has 1 aromatic carbocycles. The van der Waals surface area contributed by atoms with E-state index in [1.54, 1.807) is 13.0 Å². The summed E-state index contributed by atoms with van der Waals surface area (Å²) in [6, 6.07) is 7.06. The maximum Gasteiger partial charge on any atom is 0.398 e. The van der Waals surface area contributed by atoms with Gasteiger partial charge >= 0.3 is 6.18 Å². The fraction of sp³-hybridized carbons (Fsp3) is 0.333. The van der Waals surface area contributed by atoms with Crippen LogP contribution in [0, 0.1) is 18.2 Å². The molecule has 5 rings (SSSR count). The third-order valence-corrected chi connectivity index (χ3v) is 6.53. The maximum absolute atomic E-state index is 15.1. The van der Waals surface area contributed by atoms with E-state index in [0.717, 1.165) is 4.90 Å². The SMILES string of the molecule is CC(=Cc1cc(N(CC(F)F)c2nc3nnc(C)n3c3cccc(F)c23)ccn1)C1(C(F)(F)F)CC1. The summed E-state index contributed by atoms with van der Waals surface area (Å²) < 4.78 is 84.6. The number of hydrogen-bond donors (Lipinski definition) is 0. The summed E-state index contributed by atoms with van der Waals surface area (Å²) in [4.78, 5) is 9.57. The van der Waals surface area contributed by atoms with Crippen LogP contribution in [0.5, 0.6) is 0 Å². The van der Waals surface area contributed by atoms with Gasteiger partial charge in [-0.15, -0.1) is 10.2 Å². The van der Waals surface area contributed by atoms with E-state index in [9.17, 15) is 22.0 Å². The highest BCUT2D eigenvalue weighted by Gasteiger charge is 2.64. The minimum Gasteiger partial charge on any atom is -0.320 e. The second-order valence-electron chi connectivity index (χ2n) is 8.80. The fourth-order valence-electron chi connectivity index (χ4n) is 4.49. The van der Waals surface area contributed by atoms with Gasteiger partial charge in [0.1, 0.15) is 17.5 Å². The van der Waals surface area contributed by atoms with Crippen molar-refractivity contribution in [1.29, 1.82) is 0 Å². The number of anilines is 2. The normalized spacial score (nSPS) is 15.8. The highest BCUT2D eigenvalue weighted by atomic mass is 19.4. The average Bonchev–Trinajstić information content (AvgIpc) is 3.56. The summed E-state index contributed by atoms with van der Waals surface area (Å²) in [5.74, 6) is -0.276. The van der Waals surface area contributed by atoms with Crippen LogP contribution in [0.1, 0.15) is 31.3 Å². The third kappa shape index (κ3) is 3.94. The molecule has 1 fully saturated rings. The number of fused-ring (bicyclic) bond motifs is 3. The van der Waals surface area contributed by atoms with E-state index in [-0.39, 0.29) is 46.8 Å². The Morgan fingerprint density at radius 3 is 2.61 bits per heavy atom. The second kappa shape index (κ2) is 8.45. The van der Waals surface area contributed by atoms with Crippen LogP contribution < -0.4 is 4.90 Å². The Bertz CT molecular complexity index is 1490. The molecule has 3 heterocycles. The van der Waals surface area contributed by atoms with Gasteiger partial charge in [0, 0.05) is 11.9 Å². The number of aromatic nitrogens is 5. The molecule has 12 heteroatoms. The van der Waals surface area contributed by atoms with Gasteiger partial charge in [-0.1, -0.05) is 11.6 Å². The van der Waals surface area contributed by atoms with Crippen molar-refractivity contribution >= 4 is 34.3 Å². The summed E-state index contributed by atoms with van der Waals surface area (Å²) in [7, 11) is 0. The van der Waals surface area contributed by atoms with E-state index in [1.807, 2.05) is 0 Å². The van der Waals surface area contributed by atoms with Crippen LogP contribution in [-0.2, 0) is 0 Å². The summed E-state index contributed by atoms with van der Waals surface area (Å²) in [5, 5.41) is 7.90. The zero-order valence-corrected chi connectivity index (χ0v) is 19.2. The molecule has 0 atom stereocenters. The Labute approximate surface area is 201 Å². The molecule has 3 aromatic heterocycles. The quantitative estimate of drug-likeness (QED) is 0.289. The topological polar surface area (TPSA) is 59.2 Å². The molecular weight excluding hydrogens is 486 g/mol. The zero-order valence-electron chi connectivity index (χ0n) is 19.2. The lowest BCUT2D eigenvalue weighted by Crippen LogP contribution is -2.26. The van der Waals surface area contributed by atoms with Crippen molar-refractivity contribution in [1.82, 2.24) is 24.6 Å². The molecule has 0 unspecified atom stereocenters. The number of rotatable bonds is 6. The average molecular weight is 506 g/mol. The lowest BCUT2D eigenvalue weighted by Gasteiger charge is -2.25. The van der Waals surface area contributed by atoms with Crippen molar-refractivity contribution in [3.63, 3.8) is 0 Å². The van der Waals surface area contributed by atoms with E-state index in [2.05, 4.69) is 20.2 Å². The highest BCUT2D eigenvalue weighted by Crippen LogP contribution is 2.62. The van der Waals surface area contributed by atoms with E-state index in [4.69, 9.17) is 0 Å². The van der Waals surface area contributed by atoms with Crippen molar-refractivity contribution in [3.8, 4) is 0 Å². The van der Waals surface area contributed by atoms with E-state index in [0.29, 0.717) is 11.3 Å². The predicted octanol–water partition coefficient (Wildman–Crippen LogP) is 6.27. The Morgan fingerprint density at radius 2 is 1.94 bits per heavy atom. The predicted molar refractivity (Wildman–Crippen MR) is 122 cm³/mol. The molecule has 0 aliphatic heterocycles. The van der Waals surface area contributed by atoms with E-state index >= 15 is 4.39 Å². The molecule has 4 aromatic rings. The molecule has 36 heavy (non-hydrogen) atoms. The molecule has 0 N–H and O–H groups in total. The number of pyridine rings is 1. The summed E-state index contributed by atoms with van der Waals surface area (Å²) in [6.07, 6.45) is -4.64. The summed E-state index contributed by atoms with van der Waals surface area (Å²) in [5.41, 5.74) is -1.13. The number of aryl methyl sites for hydroxylation is 1. The highest BCUT2D eigenvalue weighted by molar-refractivity contribution is 5.94. The minimum atomic E-state index is -4.39. The first-order valence-corrected chi connectivity index (χ1v) is 11.1. The van der Waals surface area contributed by atoms with Gasteiger partial charge in [-0.25, -0.2) is 13.2 Å². The number of benzene rings is 1. The molecule has 0 bridgehead atoms. The molecule has 1 aliphatic rings. The largest absolute Gasteiger partial charge is 0.398 e. The number of hydrogen-bond acceptors (Lipinski definition) is 5. The Balaban J connectivity index is 1.66.